The SMILES string of the molecule is CC1(C[C@@H]2N(Cc3ccccc3)c3ccccc3[C@@]23CC(=O)NC3=O)OCCO1. The molecule has 1 N–H and O–H groups in total. The summed E-state index contributed by atoms with van der Waals surface area (Å²) in [6, 6.07) is 17.8. The maximum absolute atomic E-state index is 13.2. The predicted molar refractivity (Wildman–Crippen MR) is 107 cm³/mol. The zero-order valence-electron chi connectivity index (χ0n) is 16.4. The molecule has 2 saturated heterocycles. The molecule has 0 aliphatic carbocycles. The number of anilines is 1. The summed E-state index contributed by atoms with van der Waals surface area (Å²) in [7, 11) is 0. The van der Waals surface area contributed by atoms with E-state index in [1.54, 1.807) is 0 Å². The first-order valence-electron chi connectivity index (χ1n) is 10.0. The number of hydrogen-bond donors (Lipinski definition) is 1. The third-order valence-corrected chi connectivity index (χ3v) is 6.39. The van der Waals surface area contributed by atoms with Gasteiger partial charge < -0.3 is 14.4 Å². The lowest BCUT2D eigenvalue weighted by molar-refractivity contribution is -0.154. The van der Waals surface area contributed by atoms with E-state index in [2.05, 4.69) is 22.3 Å². The Labute approximate surface area is 169 Å². The van der Waals surface area contributed by atoms with Crippen molar-refractivity contribution in [3.8, 4) is 0 Å². The van der Waals surface area contributed by atoms with Crippen molar-refractivity contribution in [3.63, 3.8) is 0 Å². The molecule has 3 aliphatic heterocycles. The van der Waals surface area contributed by atoms with Gasteiger partial charge in [0.1, 0.15) is 5.41 Å². The molecule has 3 heterocycles. The first kappa shape index (κ1) is 18.3. The van der Waals surface area contributed by atoms with Crippen LogP contribution in [0.15, 0.2) is 54.6 Å². The van der Waals surface area contributed by atoms with E-state index in [0.717, 1.165) is 16.8 Å². The maximum Gasteiger partial charge on any atom is 0.239 e. The van der Waals surface area contributed by atoms with Gasteiger partial charge in [0, 0.05) is 25.1 Å². The monoisotopic (exact) mass is 392 g/mol. The second kappa shape index (κ2) is 6.68. The van der Waals surface area contributed by atoms with Crippen molar-refractivity contribution in [2.24, 2.45) is 0 Å². The molecule has 2 fully saturated rings. The van der Waals surface area contributed by atoms with Crippen molar-refractivity contribution in [1.29, 1.82) is 0 Å². The van der Waals surface area contributed by atoms with E-state index in [9.17, 15) is 9.59 Å². The zero-order valence-corrected chi connectivity index (χ0v) is 16.4. The van der Waals surface area contributed by atoms with Crippen LogP contribution in [0.1, 0.15) is 30.9 Å². The molecule has 0 unspecified atom stereocenters. The predicted octanol–water partition coefficient (Wildman–Crippen LogP) is 2.51. The fraction of sp³-hybridized carbons (Fsp3) is 0.391. The summed E-state index contributed by atoms with van der Waals surface area (Å²) in [5.41, 5.74) is 2.12. The Bertz CT molecular complexity index is 954. The molecule has 2 amide bonds. The highest BCUT2D eigenvalue weighted by Crippen LogP contribution is 2.52. The number of carbonyl (C=O) groups excluding carboxylic acids is 2. The molecule has 1 spiro atoms. The highest BCUT2D eigenvalue weighted by Gasteiger charge is 2.61. The number of rotatable bonds is 4. The Kier molecular flexibility index (Phi) is 4.22. The number of nitrogens with zero attached hydrogens (tertiary/aromatic N) is 1. The number of hydrogen-bond acceptors (Lipinski definition) is 5. The van der Waals surface area contributed by atoms with Crippen LogP contribution >= 0.6 is 0 Å². The topological polar surface area (TPSA) is 67.9 Å². The number of para-hydroxylation sites is 1. The van der Waals surface area contributed by atoms with E-state index in [1.807, 2.05) is 49.4 Å². The zero-order chi connectivity index (χ0) is 20.1. The largest absolute Gasteiger partial charge is 0.362 e. The molecule has 0 radical (unpaired) electrons. The Balaban J connectivity index is 1.63. The van der Waals surface area contributed by atoms with Gasteiger partial charge in [-0.1, -0.05) is 48.5 Å². The molecular formula is C23H24N2O4. The second-order valence-electron chi connectivity index (χ2n) is 8.21. The van der Waals surface area contributed by atoms with Gasteiger partial charge in [0.25, 0.3) is 0 Å². The summed E-state index contributed by atoms with van der Waals surface area (Å²) < 4.78 is 11.8. The third-order valence-electron chi connectivity index (χ3n) is 6.39. The highest BCUT2D eigenvalue weighted by molar-refractivity contribution is 6.11. The van der Waals surface area contributed by atoms with Gasteiger partial charge in [0.2, 0.25) is 11.8 Å². The minimum Gasteiger partial charge on any atom is -0.362 e. The molecule has 0 bridgehead atoms. The van der Waals surface area contributed by atoms with Crippen molar-refractivity contribution >= 4 is 17.5 Å². The van der Waals surface area contributed by atoms with Gasteiger partial charge in [0.15, 0.2) is 5.79 Å². The molecule has 5 rings (SSSR count). The molecule has 6 nitrogen and oxygen atoms in total. The first-order chi connectivity index (χ1) is 14.0. The molecule has 29 heavy (non-hydrogen) atoms. The van der Waals surface area contributed by atoms with Crippen molar-refractivity contribution in [2.45, 2.75) is 43.6 Å². The molecule has 0 saturated carbocycles. The number of fused-ring (bicyclic) bond motifs is 2. The summed E-state index contributed by atoms with van der Waals surface area (Å²) in [6.45, 7) is 3.63. The Hall–Kier alpha value is -2.70. The average Bonchev–Trinajstić information content (AvgIpc) is 3.35. The normalized spacial score (nSPS) is 27.5. The van der Waals surface area contributed by atoms with Crippen LogP contribution in [0.4, 0.5) is 5.69 Å². The number of carbonyl (C=O) groups is 2. The number of benzene rings is 2. The molecule has 2 aromatic rings. The number of amides is 2. The van der Waals surface area contributed by atoms with Gasteiger partial charge in [-0.2, -0.15) is 0 Å². The van der Waals surface area contributed by atoms with Crippen molar-refractivity contribution in [3.05, 3.63) is 65.7 Å². The molecular weight excluding hydrogens is 368 g/mol. The summed E-state index contributed by atoms with van der Waals surface area (Å²) in [5.74, 6) is -1.23. The number of nitrogens with one attached hydrogen (secondary N) is 1. The summed E-state index contributed by atoms with van der Waals surface area (Å²) >= 11 is 0. The van der Waals surface area contributed by atoms with E-state index >= 15 is 0 Å². The first-order valence-corrected chi connectivity index (χ1v) is 10.0. The van der Waals surface area contributed by atoms with E-state index in [-0.39, 0.29) is 24.3 Å². The van der Waals surface area contributed by atoms with Crippen LogP contribution in [-0.2, 0) is 31.0 Å². The van der Waals surface area contributed by atoms with Crippen molar-refractivity contribution in [1.82, 2.24) is 5.32 Å². The van der Waals surface area contributed by atoms with Gasteiger partial charge in [-0.3, -0.25) is 14.9 Å². The molecule has 150 valence electrons. The Morgan fingerprint density at radius 1 is 1.03 bits per heavy atom. The van der Waals surface area contributed by atoms with Crippen LogP contribution in [0.3, 0.4) is 0 Å². The van der Waals surface area contributed by atoms with E-state index in [1.165, 1.54) is 0 Å². The van der Waals surface area contributed by atoms with Crippen molar-refractivity contribution < 1.29 is 19.1 Å². The molecule has 3 aliphatic rings. The quantitative estimate of drug-likeness (QED) is 0.810. The number of imide groups is 1. The molecule has 6 heteroatoms. The maximum atomic E-state index is 13.2. The Morgan fingerprint density at radius 2 is 1.72 bits per heavy atom. The number of ether oxygens (including phenoxy) is 2. The van der Waals surface area contributed by atoms with Crippen LogP contribution in [0, 0.1) is 0 Å². The lowest BCUT2D eigenvalue weighted by Crippen LogP contribution is -2.52. The van der Waals surface area contributed by atoms with Crippen LogP contribution in [0.2, 0.25) is 0 Å². The lowest BCUT2D eigenvalue weighted by atomic mass is 9.73. The van der Waals surface area contributed by atoms with Crippen LogP contribution in [-0.4, -0.2) is 36.9 Å². The summed E-state index contributed by atoms with van der Waals surface area (Å²) in [4.78, 5) is 27.8. The van der Waals surface area contributed by atoms with E-state index in [4.69, 9.17) is 9.47 Å². The lowest BCUT2D eigenvalue weighted by Gasteiger charge is -2.38. The Morgan fingerprint density at radius 3 is 2.41 bits per heavy atom. The average molecular weight is 392 g/mol. The van der Waals surface area contributed by atoms with Crippen molar-refractivity contribution in [2.75, 3.05) is 18.1 Å². The van der Waals surface area contributed by atoms with E-state index < -0.39 is 11.2 Å². The fourth-order valence-electron chi connectivity index (χ4n) is 5.10. The van der Waals surface area contributed by atoms with Crippen LogP contribution in [0.5, 0.6) is 0 Å². The second-order valence-corrected chi connectivity index (χ2v) is 8.21. The summed E-state index contributed by atoms with van der Waals surface area (Å²) in [6.07, 6.45) is 0.643. The standard InChI is InChI=1S/C23H24N2O4/c1-22(28-11-12-29-22)13-19-23(14-20(26)24-21(23)27)17-9-5-6-10-18(17)25(19)15-16-7-3-2-4-8-16/h2-10,19H,11-15H2,1H3,(H,24,26,27)/t19-,23-/m0/s1. The van der Waals surface area contributed by atoms with E-state index in [0.29, 0.717) is 26.2 Å². The smallest absolute Gasteiger partial charge is 0.239 e. The van der Waals surface area contributed by atoms with Gasteiger partial charge in [0.05, 0.1) is 19.3 Å². The summed E-state index contributed by atoms with van der Waals surface area (Å²) in [5, 5.41) is 2.56. The van der Waals surface area contributed by atoms with Crippen LogP contribution < -0.4 is 10.2 Å². The van der Waals surface area contributed by atoms with Gasteiger partial charge in [-0.05, 0) is 24.1 Å². The van der Waals surface area contributed by atoms with Crippen LogP contribution in [0.25, 0.3) is 0 Å². The minimum absolute atomic E-state index is 0.148. The van der Waals surface area contributed by atoms with Gasteiger partial charge in [-0.15, -0.1) is 0 Å². The molecule has 2 atom stereocenters. The third kappa shape index (κ3) is 2.86. The van der Waals surface area contributed by atoms with Gasteiger partial charge in [-0.25, -0.2) is 0 Å². The van der Waals surface area contributed by atoms with Gasteiger partial charge >= 0.3 is 0 Å². The minimum atomic E-state index is -0.930. The molecule has 0 aromatic heterocycles. The fourth-order valence-corrected chi connectivity index (χ4v) is 5.10. The highest BCUT2D eigenvalue weighted by atomic mass is 16.7. The molecule has 2 aromatic carbocycles.